The average molecular weight is 247 g/mol. The molecule has 0 radical (unpaired) electrons. The van der Waals surface area contributed by atoms with Gasteiger partial charge in [0.2, 0.25) is 0 Å². The molecule has 0 aromatic heterocycles. The Balaban J connectivity index is 0. The third-order valence-electron chi connectivity index (χ3n) is 1.02. The van der Waals surface area contributed by atoms with E-state index in [1.165, 1.54) is 7.05 Å². The van der Waals surface area contributed by atoms with Crippen LogP contribution in [0.5, 0.6) is 0 Å². The lowest BCUT2D eigenvalue weighted by atomic mass is 10.2. The third kappa shape index (κ3) is 15.1. The van der Waals surface area contributed by atoms with E-state index in [-0.39, 0.29) is 0 Å². The average Bonchev–Trinajstić information content (AvgIpc) is 2.20. The lowest BCUT2D eigenvalue weighted by Crippen LogP contribution is -1.93. The highest BCUT2D eigenvalue weighted by Crippen LogP contribution is 1.96. The summed E-state index contributed by atoms with van der Waals surface area (Å²) in [5.41, 5.74) is 4.83. The summed E-state index contributed by atoms with van der Waals surface area (Å²) in [4.78, 5) is 10.2. The van der Waals surface area contributed by atoms with Gasteiger partial charge in [-0.05, 0) is 19.2 Å². The molecule has 5 nitrogen and oxygen atoms in total. The Labute approximate surface area is 95.8 Å². The van der Waals surface area contributed by atoms with E-state index in [1.807, 2.05) is 0 Å². The molecule has 0 unspecified atom stereocenters. The fourth-order valence-electron chi connectivity index (χ4n) is 0.581. The number of carboxylic acids is 1. The number of aromatic carboxylic acids is 1. The fourth-order valence-corrected chi connectivity index (χ4v) is 0.581. The number of hydrogen-bond donors (Lipinski definition) is 2. The summed E-state index contributed by atoms with van der Waals surface area (Å²) in [5, 5.41) is 8.38. The van der Waals surface area contributed by atoms with Gasteiger partial charge in [0.1, 0.15) is 9.84 Å². The Morgan fingerprint density at radius 3 is 1.62 bits per heavy atom. The van der Waals surface area contributed by atoms with Crippen LogP contribution in [0, 0.1) is 0 Å². The maximum Gasteiger partial charge on any atom is 0.335 e. The molecular formula is C10H17NO4S. The highest BCUT2D eigenvalue weighted by molar-refractivity contribution is 7.89. The summed E-state index contributed by atoms with van der Waals surface area (Å²) in [6.45, 7) is 0. The van der Waals surface area contributed by atoms with Gasteiger partial charge in [0.15, 0.2) is 0 Å². The van der Waals surface area contributed by atoms with Crippen LogP contribution in [0.4, 0.5) is 0 Å². The fraction of sp³-hybridized carbons (Fsp3) is 0.300. The molecule has 0 amide bonds. The molecule has 0 aliphatic heterocycles. The van der Waals surface area contributed by atoms with Gasteiger partial charge in [0, 0.05) is 12.5 Å². The van der Waals surface area contributed by atoms with Crippen molar-refractivity contribution in [2.75, 3.05) is 19.6 Å². The molecule has 6 heteroatoms. The van der Waals surface area contributed by atoms with Gasteiger partial charge >= 0.3 is 5.97 Å². The Hall–Kier alpha value is -1.40. The van der Waals surface area contributed by atoms with Gasteiger partial charge in [-0.25, -0.2) is 13.2 Å². The second kappa shape index (κ2) is 8.87. The van der Waals surface area contributed by atoms with Crippen LogP contribution in [0.3, 0.4) is 0 Å². The number of carboxylic acid groups (broad SMARTS) is 1. The SMILES string of the molecule is CN.CS(C)(=O)=O.O=C(O)c1ccccc1. The van der Waals surface area contributed by atoms with Crippen molar-refractivity contribution < 1.29 is 18.3 Å². The van der Waals surface area contributed by atoms with E-state index in [4.69, 9.17) is 5.11 Å². The molecule has 0 saturated carbocycles. The molecule has 0 atom stereocenters. The van der Waals surface area contributed by atoms with Gasteiger partial charge in [-0.1, -0.05) is 18.2 Å². The smallest absolute Gasteiger partial charge is 0.335 e. The number of nitrogens with two attached hydrogens (primary N) is 1. The molecule has 1 rings (SSSR count). The summed E-state index contributed by atoms with van der Waals surface area (Å²) in [6.07, 6.45) is 2.32. The van der Waals surface area contributed by atoms with E-state index < -0.39 is 15.8 Å². The Bertz CT molecular complexity index is 379. The molecule has 3 N–H and O–H groups in total. The first-order chi connectivity index (χ1) is 7.30. The summed E-state index contributed by atoms with van der Waals surface area (Å²) < 4.78 is 19.3. The van der Waals surface area contributed by atoms with E-state index >= 15 is 0 Å². The lowest BCUT2D eigenvalue weighted by molar-refractivity contribution is 0.0697. The van der Waals surface area contributed by atoms with Crippen LogP contribution in [0.25, 0.3) is 0 Å². The third-order valence-corrected chi connectivity index (χ3v) is 1.02. The highest BCUT2D eigenvalue weighted by atomic mass is 32.2. The summed E-state index contributed by atoms with van der Waals surface area (Å²) in [7, 11) is -1.17. The molecule has 0 saturated heterocycles. The molecule has 1 aromatic carbocycles. The summed E-state index contributed by atoms with van der Waals surface area (Å²) in [6, 6.07) is 8.30. The Morgan fingerprint density at radius 1 is 1.12 bits per heavy atom. The Morgan fingerprint density at radius 2 is 1.44 bits per heavy atom. The van der Waals surface area contributed by atoms with Crippen LogP contribution in [0.1, 0.15) is 10.4 Å². The van der Waals surface area contributed by atoms with Gasteiger partial charge in [-0.2, -0.15) is 0 Å². The summed E-state index contributed by atoms with van der Waals surface area (Å²) >= 11 is 0. The minimum atomic E-state index is -2.67. The predicted molar refractivity (Wildman–Crippen MR) is 64.3 cm³/mol. The standard InChI is InChI=1S/C7H6O2.C2H6O2S.CH5N/c8-7(9)6-4-2-1-3-5-6;1-5(2,3)4;1-2/h1-5H,(H,8,9);1-2H3;2H2,1H3. The number of sulfone groups is 1. The van der Waals surface area contributed by atoms with Crippen LogP contribution in [0.15, 0.2) is 30.3 Å². The number of rotatable bonds is 1. The first-order valence-corrected chi connectivity index (χ1v) is 6.62. The molecule has 92 valence electrons. The number of carbonyl (C=O) groups is 1. The minimum absolute atomic E-state index is 0.331. The molecule has 0 bridgehead atoms. The van der Waals surface area contributed by atoms with E-state index in [1.54, 1.807) is 30.3 Å². The molecule has 1 aromatic rings. The molecule has 0 aliphatic rings. The molecule has 0 heterocycles. The van der Waals surface area contributed by atoms with E-state index in [2.05, 4.69) is 5.73 Å². The molecular weight excluding hydrogens is 230 g/mol. The zero-order chi connectivity index (χ0) is 13.2. The molecule has 0 aliphatic carbocycles. The number of benzene rings is 1. The van der Waals surface area contributed by atoms with Gasteiger partial charge < -0.3 is 10.8 Å². The Kier molecular flexibility index (Phi) is 9.43. The molecule has 0 fully saturated rings. The predicted octanol–water partition coefficient (Wildman–Crippen LogP) is 0.621. The van der Waals surface area contributed by atoms with Crippen molar-refractivity contribution >= 4 is 15.8 Å². The second-order valence-electron chi connectivity index (χ2n) is 2.81. The van der Waals surface area contributed by atoms with Crippen LogP contribution in [-0.4, -0.2) is 39.1 Å². The van der Waals surface area contributed by atoms with Crippen LogP contribution < -0.4 is 5.73 Å². The zero-order valence-corrected chi connectivity index (χ0v) is 10.4. The van der Waals surface area contributed by atoms with Gasteiger partial charge in [-0.3, -0.25) is 0 Å². The van der Waals surface area contributed by atoms with Crippen molar-refractivity contribution in [3.8, 4) is 0 Å². The molecule has 0 spiro atoms. The lowest BCUT2D eigenvalue weighted by Gasteiger charge is -1.88. The zero-order valence-electron chi connectivity index (χ0n) is 9.54. The van der Waals surface area contributed by atoms with E-state index in [9.17, 15) is 13.2 Å². The summed E-state index contributed by atoms with van der Waals surface area (Å²) in [5.74, 6) is -0.879. The maximum atomic E-state index is 10.2. The minimum Gasteiger partial charge on any atom is -0.478 e. The topological polar surface area (TPSA) is 97.5 Å². The second-order valence-corrected chi connectivity index (χ2v) is 5.10. The van der Waals surface area contributed by atoms with Crippen LogP contribution in [0.2, 0.25) is 0 Å². The first kappa shape index (κ1) is 17.0. The van der Waals surface area contributed by atoms with Crippen molar-refractivity contribution in [3.05, 3.63) is 35.9 Å². The molecule has 16 heavy (non-hydrogen) atoms. The van der Waals surface area contributed by atoms with Crippen molar-refractivity contribution in [1.82, 2.24) is 0 Å². The van der Waals surface area contributed by atoms with Gasteiger partial charge in [0.25, 0.3) is 0 Å². The van der Waals surface area contributed by atoms with Crippen molar-refractivity contribution in [3.63, 3.8) is 0 Å². The van der Waals surface area contributed by atoms with Crippen molar-refractivity contribution in [2.45, 2.75) is 0 Å². The van der Waals surface area contributed by atoms with E-state index in [0.29, 0.717) is 5.56 Å². The largest absolute Gasteiger partial charge is 0.478 e. The van der Waals surface area contributed by atoms with E-state index in [0.717, 1.165) is 12.5 Å². The highest BCUT2D eigenvalue weighted by Gasteiger charge is 1.96. The maximum absolute atomic E-state index is 10.2. The van der Waals surface area contributed by atoms with Crippen LogP contribution >= 0.6 is 0 Å². The van der Waals surface area contributed by atoms with Gasteiger partial charge in [-0.15, -0.1) is 0 Å². The normalized spacial score (nSPS) is 9.00. The van der Waals surface area contributed by atoms with Crippen molar-refractivity contribution in [1.29, 1.82) is 0 Å². The quantitative estimate of drug-likeness (QED) is 0.758. The first-order valence-electron chi connectivity index (χ1n) is 4.32. The van der Waals surface area contributed by atoms with Crippen LogP contribution in [-0.2, 0) is 9.84 Å². The van der Waals surface area contributed by atoms with Crippen molar-refractivity contribution in [2.24, 2.45) is 5.73 Å². The van der Waals surface area contributed by atoms with Gasteiger partial charge in [0.05, 0.1) is 5.56 Å². The number of hydrogen-bond acceptors (Lipinski definition) is 4. The monoisotopic (exact) mass is 247 g/mol.